The van der Waals surface area contributed by atoms with Crippen molar-refractivity contribution in [1.82, 2.24) is 14.8 Å². The molecule has 0 atom stereocenters. The molecule has 2 aromatic heterocycles. The summed E-state index contributed by atoms with van der Waals surface area (Å²) < 4.78 is 11.7. The number of aromatic nitrogens is 3. The average molecular weight is 250 g/mol. The highest BCUT2D eigenvalue weighted by Crippen LogP contribution is 2.10. The van der Waals surface area contributed by atoms with E-state index in [2.05, 4.69) is 15.4 Å². The van der Waals surface area contributed by atoms with Gasteiger partial charge in [-0.3, -0.25) is 4.68 Å². The Labute approximate surface area is 104 Å². The Bertz CT molecular complexity index is 532. The molecular weight excluding hydrogens is 236 g/mol. The van der Waals surface area contributed by atoms with Crippen molar-refractivity contribution < 1.29 is 13.9 Å². The molecule has 7 heteroatoms. The zero-order valence-electron chi connectivity index (χ0n) is 10.2. The second kappa shape index (κ2) is 5.35. The third kappa shape index (κ3) is 2.68. The van der Waals surface area contributed by atoms with Crippen molar-refractivity contribution in [3.8, 4) is 0 Å². The maximum atomic E-state index is 11.4. The fraction of sp³-hybridized carbons (Fsp3) is 0.364. The van der Waals surface area contributed by atoms with Gasteiger partial charge in [0.1, 0.15) is 6.26 Å². The highest BCUT2D eigenvalue weighted by atomic mass is 16.5. The Morgan fingerprint density at radius 2 is 2.44 bits per heavy atom. The van der Waals surface area contributed by atoms with Gasteiger partial charge in [0.2, 0.25) is 0 Å². The molecule has 0 saturated carbocycles. The van der Waals surface area contributed by atoms with Gasteiger partial charge in [0.25, 0.3) is 6.01 Å². The van der Waals surface area contributed by atoms with Gasteiger partial charge in [0.05, 0.1) is 18.8 Å². The Hall–Kier alpha value is -2.31. The van der Waals surface area contributed by atoms with E-state index in [1.165, 1.54) is 6.26 Å². The first kappa shape index (κ1) is 12.2. The maximum Gasteiger partial charge on any atom is 0.360 e. The third-order valence-electron chi connectivity index (χ3n) is 2.33. The van der Waals surface area contributed by atoms with E-state index < -0.39 is 5.97 Å². The molecule has 0 radical (unpaired) electrons. The normalized spacial score (nSPS) is 10.3. The number of nitrogens with zero attached hydrogens (tertiary/aromatic N) is 3. The summed E-state index contributed by atoms with van der Waals surface area (Å²) in [6.45, 7) is 2.56. The maximum absolute atomic E-state index is 11.4. The van der Waals surface area contributed by atoms with Gasteiger partial charge in [-0.1, -0.05) is 0 Å². The van der Waals surface area contributed by atoms with Gasteiger partial charge in [0.15, 0.2) is 5.69 Å². The number of rotatable bonds is 5. The summed E-state index contributed by atoms with van der Waals surface area (Å²) in [6.07, 6.45) is 2.97. The zero-order chi connectivity index (χ0) is 13.0. The minimum atomic E-state index is -0.491. The van der Waals surface area contributed by atoms with E-state index in [1.54, 1.807) is 17.8 Å². The standard InChI is InChI=1S/C11H14N4O3/c1-3-17-10(16)9-7-18-11(14-9)12-6-8-4-5-13-15(8)2/h4-5,7H,3,6H2,1-2H3,(H,12,14). The molecule has 0 saturated heterocycles. The molecule has 0 fully saturated rings. The largest absolute Gasteiger partial charge is 0.461 e. The fourth-order valence-electron chi connectivity index (χ4n) is 1.39. The van der Waals surface area contributed by atoms with Crippen LogP contribution in [-0.4, -0.2) is 27.3 Å². The first-order chi connectivity index (χ1) is 8.70. The number of carbonyl (C=O) groups excluding carboxylic acids is 1. The van der Waals surface area contributed by atoms with Gasteiger partial charge < -0.3 is 14.5 Å². The molecule has 2 rings (SSSR count). The minimum absolute atomic E-state index is 0.157. The van der Waals surface area contributed by atoms with Crippen LogP contribution in [0.5, 0.6) is 0 Å². The SMILES string of the molecule is CCOC(=O)c1coc(NCc2ccnn2C)n1. The van der Waals surface area contributed by atoms with Crippen molar-refractivity contribution in [2.24, 2.45) is 7.05 Å². The molecule has 0 amide bonds. The molecule has 0 bridgehead atoms. The molecule has 0 spiro atoms. The van der Waals surface area contributed by atoms with Crippen LogP contribution in [0, 0.1) is 0 Å². The highest BCUT2D eigenvalue weighted by Gasteiger charge is 2.12. The molecule has 0 unspecified atom stereocenters. The molecule has 1 N–H and O–H groups in total. The van der Waals surface area contributed by atoms with Crippen LogP contribution in [0.1, 0.15) is 23.1 Å². The van der Waals surface area contributed by atoms with Crippen molar-refractivity contribution in [3.63, 3.8) is 0 Å². The van der Waals surface area contributed by atoms with E-state index in [-0.39, 0.29) is 11.7 Å². The monoisotopic (exact) mass is 250 g/mol. The van der Waals surface area contributed by atoms with Crippen LogP contribution >= 0.6 is 0 Å². The molecule has 0 aliphatic heterocycles. The highest BCUT2D eigenvalue weighted by molar-refractivity contribution is 5.87. The van der Waals surface area contributed by atoms with Gasteiger partial charge in [-0.05, 0) is 13.0 Å². The van der Waals surface area contributed by atoms with E-state index >= 15 is 0 Å². The molecule has 0 aliphatic carbocycles. The Kier molecular flexibility index (Phi) is 3.61. The third-order valence-corrected chi connectivity index (χ3v) is 2.33. The van der Waals surface area contributed by atoms with E-state index in [1.807, 2.05) is 13.1 Å². The van der Waals surface area contributed by atoms with Gasteiger partial charge in [0, 0.05) is 13.2 Å². The van der Waals surface area contributed by atoms with E-state index in [0.29, 0.717) is 13.2 Å². The van der Waals surface area contributed by atoms with Gasteiger partial charge in [-0.2, -0.15) is 10.1 Å². The quantitative estimate of drug-likeness (QED) is 0.803. The summed E-state index contributed by atoms with van der Waals surface area (Å²) in [5.41, 5.74) is 1.13. The van der Waals surface area contributed by atoms with Crippen molar-refractivity contribution in [2.75, 3.05) is 11.9 Å². The summed E-state index contributed by atoms with van der Waals surface area (Å²) in [7, 11) is 1.84. The number of esters is 1. The van der Waals surface area contributed by atoms with Crippen LogP contribution in [0.25, 0.3) is 0 Å². The number of nitrogens with one attached hydrogen (secondary N) is 1. The second-order valence-electron chi connectivity index (χ2n) is 3.56. The number of oxazole rings is 1. The Morgan fingerprint density at radius 1 is 1.61 bits per heavy atom. The smallest absolute Gasteiger partial charge is 0.360 e. The fourth-order valence-corrected chi connectivity index (χ4v) is 1.39. The zero-order valence-corrected chi connectivity index (χ0v) is 10.2. The lowest BCUT2D eigenvalue weighted by molar-refractivity contribution is 0.0519. The van der Waals surface area contributed by atoms with E-state index in [0.717, 1.165) is 5.69 Å². The number of anilines is 1. The summed E-state index contributed by atoms with van der Waals surface area (Å²) in [5, 5.41) is 7.00. The average Bonchev–Trinajstić information content (AvgIpc) is 2.96. The van der Waals surface area contributed by atoms with Gasteiger partial charge in [-0.25, -0.2) is 4.79 Å². The topological polar surface area (TPSA) is 82.2 Å². The van der Waals surface area contributed by atoms with Crippen LogP contribution in [0.4, 0.5) is 6.01 Å². The Balaban J connectivity index is 1.95. The summed E-state index contributed by atoms with van der Waals surface area (Å²) >= 11 is 0. The van der Waals surface area contributed by atoms with Gasteiger partial charge in [-0.15, -0.1) is 0 Å². The van der Waals surface area contributed by atoms with Crippen molar-refractivity contribution >= 4 is 12.0 Å². The lowest BCUT2D eigenvalue weighted by Crippen LogP contribution is -2.07. The van der Waals surface area contributed by atoms with Crippen molar-refractivity contribution in [2.45, 2.75) is 13.5 Å². The summed E-state index contributed by atoms with van der Waals surface area (Å²) in [6, 6.07) is 2.15. The van der Waals surface area contributed by atoms with Crippen molar-refractivity contribution in [3.05, 3.63) is 29.9 Å². The first-order valence-corrected chi connectivity index (χ1v) is 5.54. The number of carbonyl (C=O) groups is 1. The van der Waals surface area contributed by atoms with E-state index in [9.17, 15) is 4.79 Å². The molecule has 2 aromatic rings. The number of aryl methyl sites for hydroxylation is 1. The molecule has 2 heterocycles. The minimum Gasteiger partial charge on any atom is -0.461 e. The summed E-state index contributed by atoms with van der Waals surface area (Å²) in [5.74, 6) is -0.491. The first-order valence-electron chi connectivity index (χ1n) is 5.54. The number of hydrogen-bond donors (Lipinski definition) is 1. The van der Waals surface area contributed by atoms with Crippen molar-refractivity contribution in [1.29, 1.82) is 0 Å². The lowest BCUT2D eigenvalue weighted by Gasteiger charge is -2.01. The predicted octanol–water partition coefficient (Wildman–Crippen LogP) is 1.20. The molecule has 0 aliphatic rings. The van der Waals surface area contributed by atoms with Crippen LogP contribution in [-0.2, 0) is 18.3 Å². The van der Waals surface area contributed by atoms with Gasteiger partial charge >= 0.3 is 5.97 Å². The molecule has 18 heavy (non-hydrogen) atoms. The predicted molar refractivity (Wildman–Crippen MR) is 63.0 cm³/mol. The summed E-state index contributed by atoms with van der Waals surface area (Å²) in [4.78, 5) is 15.3. The van der Waals surface area contributed by atoms with E-state index in [4.69, 9.17) is 9.15 Å². The molecule has 96 valence electrons. The van der Waals surface area contributed by atoms with Crippen LogP contribution in [0.15, 0.2) is 22.9 Å². The molecule has 0 aromatic carbocycles. The second-order valence-corrected chi connectivity index (χ2v) is 3.56. The van der Waals surface area contributed by atoms with Crippen LogP contribution < -0.4 is 5.32 Å². The molecular formula is C11H14N4O3. The van der Waals surface area contributed by atoms with Crippen LogP contribution in [0.3, 0.4) is 0 Å². The van der Waals surface area contributed by atoms with Crippen LogP contribution in [0.2, 0.25) is 0 Å². The lowest BCUT2D eigenvalue weighted by atomic mass is 10.4. The molecule has 7 nitrogen and oxygen atoms in total. The number of hydrogen-bond acceptors (Lipinski definition) is 6. The Morgan fingerprint density at radius 3 is 3.11 bits per heavy atom. The number of ether oxygens (including phenoxy) is 1.